The second-order valence-corrected chi connectivity index (χ2v) is 17.0. The van der Waals surface area contributed by atoms with Crippen LogP contribution in [0.15, 0.2) is 211 Å². The van der Waals surface area contributed by atoms with Crippen molar-refractivity contribution in [1.29, 1.82) is 0 Å². The largest absolute Gasteiger partial charge is 0.456 e. The summed E-state index contributed by atoms with van der Waals surface area (Å²) in [6.45, 7) is 0. The van der Waals surface area contributed by atoms with Crippen LogP contribution in [0.3, 0.4) is 0 Å². The quantitative estimate of drug-likeness (QED) is 0.149. The number of hydrogen-bond donors (Lipinski definition) is 0. The van der Waals surface area contributed by atoms with E-state index in [1.54, 1.807) is 0 Å². The van der Waals surface area contributed by atoms with Crippen molar-refractivity contribution in [3.05, 3.63) is 212 Å². The molecule has 0 spiro atoms. The van der Waals surface area contributed by atoms with Gasteiger partial charge >= 0.3 is 0 Å². The van der Waals surface area contributed by atoms with Gasteiger partial charge in [-0.3, -0.25) is 0 Å². The minimum atomic E-state index is 0.565. The summed E-state index contributed by atoms with van der Waals surface area (Å²) in [6, 6.07) is 76.0. The zero-order valence-electron chi connectivity index (χ0n) is 34.6. The fraction of sp³-hybridized carbons (Fsp3) is 0.100. The number of anilines is 3. The summed E-state index contributed by atoms with van der Waals surface area (Å²) < 4.78 is 6.33. The van der Waals surface area contributed by atoms with Crippen LogP contribution in [0.1, 0.15) is 43.6 Å². The van der Waals surface area contributed by atoms with Crippen molar-refractivity contribution in [1.82, 2.24) is 0 Å². The average Bonchev–Trinajstić information content (AvgIpc) is 3.72. The number of fused-ring (bicyclic) bond motifs is 7. The van der Waals surface area contributed by atoms with E-state index < -0.39 is 0 Å². The van der Waals surface area contributed by atoms with Gasteiger partial charge in [-0.1, -0.05) is 189 Å². The smallest absolute Gasteiger partial charge is 0.135 e. The van der Waals surface area contributed by atoms with E-state index in [-0.39, 0.29) is 0 Å². The van der Waals surface area contributed by atoms with E-state index in [1.165, 1.54) is 92.2 Å². The Labute approximate surface area is 362 Å². The molecule has 1 fully saturated rings. The zero-order valence-corrected chi connectivity index (χ0v) is 34.6. The highest BCUT2D eigenvalue weighted by Crippen LogP contribution is 2.50. The van der Waals surface area contributed by atoms with Crippen LogP contribution < -0.4 is 4.90 Å². The normalized spacial score (nSPS) is 13.4. The molecule has 0 unspecified atom stereocenters. The molecular weight excluding hydrogens is 751 g/mol. The molecule has 1 aromatic heterocycles. The number of nitrogens with zero attached hydrogens (tertiary/aromatic N) is 1. The standard InChI is InChI=1S/C60H45NO/c1-2-17-40(18-3-1)46-27-14-20-42-21-15-30-53(60(42)46)51-25-8-12-33-57(51)61(55-31-10-6-23-45(55)43-36-38-59-54(39-43)52-26-9-13-34-58(52)62-59)56-32-11-7-24-50(56)48-29-16-28-47-44-22-5-4-19-41(44)35-37-49(47)48/h4-16,19-40H,1-3,17-18H2. The molecule has 0 saturated heterocycles. The second kappa shape index (κ2) is 15.2. The molecule has 10 aromatic carbocycles. The van der Waals surface area contributed by atoms with Crippen LogP contribution in [0.2, 0.25) is 0 Å². The van der Waals surface area contributed by atoms with E-state index in [1.807, 2.05) is 6.07 Å². The van der Waals surface area contributed by atoms with Crippen LogP contribution in [-0.2, 0) is 0 Å². The highest BCUT2D eigenvalue weighted by molar-refractivity contribution is 6.14. The molecule has 0 radical (unpaired) electrons. The topological polar surface area (TPSA) is 16.4 Å². The van der Waals surface area contributed by atoms with Crippen molar-refractivity contribution in [2.45, 2.75) is 38.0 Å². The molecule has 296 valence electrons. The second-order valence-electron chi connectivity index (χ2n) is 17.0. The average molecular weight is 796 g/mol. The Hall–Kier alpha value is -7.42. The molecule has 0 N–H and O–H groups in total. The molecule has 0 amide bonds. The number of rotatable bonds is 7. The first kappa shape index (κ1) is 36.4. The summed E-state index contributed by atoms with van der Waals surface area (Å²) >= 11 is 0. The molecule has 12 rings (SSSR count). The van der Waals surface area contributed by atoms with Crippen LogP contribution in [0.25, 0.3) is 87.6 Å². The summed E-state index contributed by atoms with van der Waals surface area (Å²) in [5.41, 5.74) is 13.8. The molecule has 1 aliphatic carbocycles. The van der Waals surface area contributed by atoms with Gasteiger partial charge < -0.3 is 9.32 Å². The van der Waals surface area contributed by atoms with E-state index in [2.05, 4.69) is 205 Å². The lowest BCUT2D eigenvalue weighted by Crippen LogP contribution is -2.14. The maximum absolute atomic E-state index is 6.33. The van der Waals surface area contributed by atoms with Gasteiger partial charge in [-0.25, -0.2) is 0 Å². The molecule has 0 atom stereocenters. The maximum Gasteiger partial charge on any atom is 0.135 e. The van der Waals surface area contributed by atoms with Crippen molar-refractivity contribution in [2.75, 3.05) is 4.90 Å². The molecule has 1 saturated carbocycles. The molecule has 1 aliphatic rings. The van der Waals surface area contributed by atoms with E-state index in [9.17, 15) is 0 Å². The Morgan fingerprint density at radius 2 is 0.919 bits per heavy atom. The summed E-state index contributed by atoms with van der Waals surface area (Å²) in [7, 11) is 0. The van der Waals surface area contributed by atoms with Gasteiger partial charge in [0.05, 0.1) is 17.1 Å². The summed E-state index contributed by atoms with van der Waals surface area (Å²) in [4.78, 5) is 2.54. The first-order chi connectivity index (χ1) is 30.8. The number of benzene rings is 10. The van der Waals surface area contributed by atoms with Crippen molar-refractivity contribution < 1.29 is 4.42 Å². The van der Waals surface area contributed by atoms with Gasteiger partial charge in [-0.15, -0.1) is 0 Å². The van der Waals surface area contributed by atoms with Crippen LogP contribution >= 0.6 is 0 Å². The lowest BCUT2D eigenvalue weighted by atomic mass is 9.80. The molecule has 62 heavy (non-hydrogen) atoms. The first-order valence-corrected chi connectivity index (χ1v) is 22.2. The minimum Gasteiger partial charge on any atom is -0.456 e. The predicted octanol–water partition coefficient (Wildman–Crippen LogP) is 17.6. The van der Waals surface area contributed by atoms with Gasteiger partial charge in [0.25, 0.3) is 0 Å². The monoisotopic (exact) mass is 795 g/mol. The molecular formula is C60H45NO. The van der Waals surface area contributed by atoms with Gasteiger partial charge in [-0.05, 0) is 110 Å². The van der Waals surface area contributed by atoms with E-state index in [0.717, 1.165) is 50.1 Å². The van der Waals surface area contributed by atoms with E-state index >= 15 is 0 Å². The number of para-hydroxylation sites is 4. The highest BCUT2D eigenvalue weighted by atomic mass is 16.3. The Morgan fingerprint density at radius 3 is 1.73 bits per heavy atom. The van der Waals surface area contributed by atoms with Gasteiger partial charge in [0.15, 0.2) is 0 Å². The molecule has 2 heteroatoms. The third kappa shape index (κ3) is 6.09. The van der Waals surface area contributed by atoms with Gasteiger partial charge in [0.2, 0.25) is 0 Å². The van der Waals surface area contributed by atoms with Crippen LogP contribution in [0, 0.1) is 0 Å². The predicted molar refractivity (Wildman–Crippen MR) is 263 cm³/mol. The fourth-order valence-corrected chi connectivity index (χ4v) is 10.6. The summed E-state index contributed by atoms with van der Waals surface area (Å²) in [5.74, 6) is 0.565. The molecule has 11 aromatic rings. The highest BCUT2D eigenvalue weighted by Gasteiger charge is 2.26. The van der Waals surface area contributed by atoms with Gasteiger partial charge in [0.1, 0.15) is 11.2 Å². The number of hydrogen-bond acceptors (Lipinski definition) is 2. The van der Waals surface area contributed by atoms with Crippen LogP contribution in [-0.4, -0.2) is 0 Å². The SMILES string of the molecule is c1ccc(N(c2ccccc2-c2cccc3c2ccc2ccccc23)c2ccccc2-c2cccc3cccc(C4CCCCC4)c23)c(-c2ccc3oc4ccccc4c3c2)c1. The summed E-state index contributed by atoms with van der Waals surface area (Å²) in [5, 5.41) is 9.95. The zero-order chi connectivity index (χ0) is 41.0. The lowest BCUT2D eigenvalue weighted by Gasteiger charge is -2.32. The summed E-state index contributed by atoms with van der Waals surface area (Å²) in [6.07, 6.45) is 6.43. The third-order valence-electron chi connectivity index (χ3n) is 13.5. The Bertz CT molecular complexity index is 3470. The first-order valence-electron chi connectivity index (χ1n) is 22.2. The van der Waals surface area contributed by atoms with Crippen LogP contribution in [0.5, 0.6) is 0 Å². The Balaban J connectivity index is 1.14. The van der Waals surface area contributed by atoms with Crippen molar-refractivity contribution in [2.24, 2.45) is 0 Å². The van der Waals surface area contributed by atoms with E-state index in [0.29, 0.717) is 5.92 Å². The van der Waals surface area contributed by atoms with E-state index in [4.69, 9.17) is 4.42 Å². The van der Waals surface area contributed by atoms with Crippen molar-refractivity contribution in [3.63, 3.8) is 0 Å². The van der Waals surface area contributed by atoms with Crippen molar-refractivity contribution in [3.8, 4) is 33.4 Å². The lowest BCUT2D eigenvalue weighted by molar-refractivity contribution is 0.445. The molecule has 1 heterocycles. The van der Waals surface area contributed by atoms with Crippen LogP contribution in [0.4, 0.5) is 17.1 Å². The Morgan fingerprint density at radius 1 is 0.355 bits per heavy atom. The van der Waals surface area contributed by atoms with Gasteiger partial charge in [-0.2, -0.15) is 0 Å². The minimum absolute atomic E-state index is 0.565. The maximum atomic E-state index is 6.33. The fourth-order valence-electron chi connectivity index (χ4n) is 10.6. The third-order valence-corrected chi connectivity index (χ3v) is 13.5. The molecule has 0 bridgehead atoms. The number of furan rings is 1. The van der Waals surface area contributed by atoms with Gasteiger partial charge in [0, 0.05) is 27.5 Å². The molecule has 2 nitrogen and oxygen atoms in total. The molecule has 0 aliphatic heterocycles. The van der Waals surface area contributed by atoms with Crippen molar-refractivity contribution >= 4 is 71.3 Å². The Kier molecular flexibility index (Phi) is 8.96.